The lowest BCUT2D eigenvalue weighted by molar-refractivity contribution is 0.380. The largest absolute Gasteiger partial charge is 0.370 e. The summed E-state index contributed by atoms with van der Waals surface area (Å²) in [6, 6.07) is 8.58. The van der Waals surface area contributed by atoms with Crippen LogP contribution in [-0.4, -0.2) is 55.1 Å². The fraction of sp³-hybridized carbons (Fsp3) is 0.368. The van der Waals surface area contributed by atoms with Crippen LogP contribution in [0.15, 0.2) is 53.0 Å². The van der Waals surface area contributed by atoms with Crippen molar-refractivity contribution in [2.45, 2.75) is 6.54 Å². The lowest BCUT2D eigenvalue weighted by Crippen LogP contribution is -2.51. The molecule has 2 N–H and O–H groups in total. The molecule has 7 heteroatoms. The van der Waals surface area contributed by atoms with Crippen molar-refractivity contribution in [3.05, 3.63) is 53.6 Å². The van der Waals surface area contributed by atoms with Gasteiger partial charge in [-0.2, -0.15) is 0 Å². The first kappa shape index (κ1) is 16.9. The second-order valence-corrected chi connectivity index (χ2v) is 7.38. The van der Waals surface area contributed by atoms with E-state index in [1.54, 1.807) is 11.3 Å². The number of benzene rings is 1. The Morgan fingerprint density at radius 1 is 1.12 bits per heavy atom. The van der Waals surface area contributed by atoms with Gasteiger partial charge in [-0.05, 0) is 17.7 Å². The highest BCUT2D eigenvalue weighted by Gasteiger charge is 2.19. The van der Waals surface area contributed by atoms with Crippen molar-refractivity contribution < 1.29 is 0 Å². The van der Waals surface area contributed by atoms with Gasteiger partial charge in [0.25, 0.3) is 0 Å². The molecular formula is C19H24N6S. The molecule has 1 aromatic heterocycles. The SMILES string of the molecule is NC(=NCc1cccc(N2CC=CC2)c1)N1CCN(c2nccs2)CC1. The Bertz CT molecular complexity index is 769. The van der Waals surface area contributed by atoms with Crippen molar-refractivity contribution in [3.8, 4) is 0 Å². The maximum atomic E-state index is 6.24. The van der Waals surface area contributed by atoms with Crippen molar-refractivity contribution >= 4 is 28.1 Å². The van der Waals surface area contributed by atoms with E-state index < -0.39 is 0 Å². The molecule has 2 aliphatic heterocycles. The molecule has 1 aromatic carbocycles. The summed E-state index contributed by atoms with van der Waals surface area (Å²) in [5.41, 5.74) is 8.69. The zero-order valence-electron chi connectivity index (χ0n) is 14.8. The van der Waals surface area contributed by atoms with Crippen molar-refractivity contribution in [2.75, 3.05) is 49.1 Å². The number of piperazine rings is 1. The van der Waals surface area contributed by atoms with E-state index >= 15 is 0 Å². The Labute approximate surface area is 158 Å². The van der Waals surface area contributed by atoms with Gasteiger partial charge in [-0.1, -0.05) is 24.3 Å². The molecule has 136 valence electrons. The molecule has 0 bridgehead atoms. The van der Waals surface area contributed by atoms with Crippen LogP contribution in [0.5, 0.6) is 0 Å². The quantitative estimate of drug-likeness (QED) is 0.509. The lowest BCUT2D eigenvalue weighted by atomic mass is 10.2. The molecule has 0 radical (unpaired) electrons. The van der Waals surface area contributed by atoms with Gasteiger partial charge in [0.05, 0.1) is 6.54 Å². The molecule has 26 heavy (non-hydrogen) atoms. The zero-order chi connectivity index (χ0) is 17.8. The number of nitrogens with zero attached hydrogens (tertiary/aromatic N) is 5. The number of hydrogen-bond donors (Lipinski definition) is 1. The Morgan fingerprint density at radius 2 is 1.92 bits per heavy atom. The molecule has 0 atom stereocenters. The highest BCUT2D eigenvalue weighted by Crippen LogP contribution is 2.20. The van der Waals surface area contributed by atoms with E-state index in [1.807, 2.05) is 11.6 Å². The number of aliphatic imine (C=N–C) groups is 1. The van der Waals surface area contributed by atoms with Crippen molar-refractivity contribution in [1.82, 2.24) is 9.88 Å². The zero-order valence-corrected chi connectivity index (χ0v) is 15.6. The highest BCUT2D eigenvalue weighted by molar-refractivity contribution is 7.13. The van der Waals surface area contributed by atoms with Crippen LogP contribution in [0.1, 0.15) is 5.56 Å². The number of hydrogen-bond acceptors (Lipinski definition) is 5. The fourth-order valence-corrected chi connectivity index (χ4v) is 4.01. The van der Waals surface area contributed by atoms with E-state index in [0.717, 1.165) is 44.4 Å². The van der Waals surface area contributed by atoms with Crippen LogP contribution < -0.4 is 15.5 Å². The van der Waals surface area contributed by atoms with Gasteiger partial charge >= 0.3 is 0 Å². The standard InChI is InChI=1S/C19H24N6S/c20-18(24-9-11-25(12-10-24)19-21-6-13-26-19)22-15-16-4-3-5-17(14-16)23-7-1-2-8-23/h1-6,13-14H,7-12,15H2,(H2,20,22). The lowest BCUT2D eigenvalue weighted by Gasteiger charge is -2.35. The van der Waals surface area contributed by atoms with Gasteiger partial charge in [-0.3, -0.25) is 0 Å². The molecule has 0 spiro atoms. The molecule has 0 unspecified atom stereocenters. The van der Waals surface area contributed by atoms with Gasteiger partial charge in [0, 0.05) is 56.5 Å². The Morgan fingerprint density at radius 3 is 2.65 bits per heavy atom. The first-order chi connectivity index (χ1) is 12.8. The summed E-state index contributed by atoms with van der Waals surface area (Å²) in [4.78, 5) is 15.8. The number of guanidine groups is 1. The number of anilines is 2. The van der Waals surface area contributed by atoms with Crippen molar-refractivity contribution in [1.29, 1.82) is 0 Å². The summed E-state index contributed by atoms with van der Waals surface area (Å²) >= 11 is 1.68. The molecule has 0 saturated carbocycles. The summed E-state index contributed by atoms with van der Waals surface area (Å²) < 4.78 is 0. The van der Waals surface area contributed by atoms with Gasteiger partial charge in [0.2, 0.25) is 0 Å². The predicted octanol–water partition coefficient (Wildman–Crippen LogP) is 2.16. The smallest absolute Gasteiger partial charge is 0.191 e. The minimum Gasteiger partial charge on any atom is -0.370 e. The summed E-state index contributed by atoms with van der Waals surface area (Å²) in [6.07, 6.45) is 6.26. The first-order valence-corrected chi connectivity index (χ1v) is 9.86. The van der Waals surface area contributed by atoms with Crippen LogP contribution in [0, 0.1) is 0 Å². The summed E-state index contributed by atoms with van der Waals surface area (Å²) in [6.45, 7) is 6.22. The summed E-state index contributed by atoms with van der Waals surface area (Å²) in [7, 11) is 0. The second kappa shape index (κ2) is 7.78. The van der Waals surface area contributed by atoms with E-state index in [2.05, 4.69) is 61.1 Å². The topological polar surface area (TPSA) is 61.0 Å². The molecule has 1 saturated heterocycles. The Hall–Kier alpha value is -2.54. The Balaban J connectivity index is 1.33. The molecule has 2 aliphatic rings. The van der Waals surface area contributed by atoms with Crippen LogP contribution >= 0.6 is 11.3 Å². The van der Waals surface area contributed by atoms with Crippen molar-refractivity contribution in [3.63, 3.8) is 0 Å². The van der Waals surface area contributed by atoms with Gasteiger partial charge in [0.1, 0.15) is 0 Å². The van der Waals surface area contributed by atoms with Crippen LogP contribution in [0.25, 0.3) is 0 Å². The summed E-state index contributed by atoms with van der Waals surface area (Å²) in [5, 5.41) is 3.11. The van der Waals surface area contributed by atoms with E-state index in [9.17, 15) is 0 Å². The van der Waals surface area contributed by atoms with E-state index in [1.165, 1.54) is 11.3 Å². The average molecular weight is 369 g/mol. The third-order valence-electron chi connectivity index (χ3n) is 4.81. The molecule has 0 amide bonds. The van der Waals surface area contributed by atoms with Crippen molar-refractivity contribution in [2.24, 2.45) is 10.7 Å². The normalized spacial score (nSPS) is 18.0. The number of nitrogens with two attached hydrogens (primary N) is 1. The fourth-order valence-electron chi connectivity index (χ4n) is 3.31. The first-order valence-electron chi connectivity index (χ1n) is 8.98. The maximum Gasteiger partial charge on any atom is 0.191 e. The van der Waals surface area contributed by atoms with E-state index in [0.29, 0.717) is 12.5 Å². The van der Waals surface area contributed by atoms with E-state index in [-0.39, 0.29) is 0 Å². The van der Waals surface area contributed by atoms with Crippen LogP contribution in [-0.2, 0) is 6.54 Å². The third-order valence-corrected chi connectivity index (χ3v) is 5.64. The van der Waals surface area contributed by atoms with Crippen LogP contribution in [0.3, 0.4) is 0 Å². The van der Waals surface area contributed by atoms with E-state index in [4.69, 9.17) is 5.73 Å². The van der Waals surface area contributed by atoms with Gasteiger partial charge in [0.15, 0.2) is 11.1 Å². The van der Waals surface area contributed by atoms with Gasteiger partial charge in [-0.15, -0.1) is 11.3 Å². The second-order valence-electron chi connectivity index (χ2n) is 6.51. The number of thiazole rings is 1. The maximum absolute atomic E-state index is 6.24. The molecule has 2 aromatic rings. The Kier molecular flexibility index (Phi) is 5.06. The van der Waals surface area contributed by atoms with Crippen LogP contribution in [0.2, 0.25) is 0 Å². The predicted molar refractivity (Wildman–Crippen MR) is 109 cm³/mol. The summed E-state index contributed by atoms with van der Waals surface area (Å²) in [5.74, 6) is 0.636. The molecular weight excluding hydrogens is 344 g/mol. The highest BCUT2D eigenvalue weighted by atomic mass is 32.1. The van der Waals surface area contributed by atoms with Crippen LogP contribution in [0.4, 0.5) is 10.8 Å². The average Bonchev–Trinajstić information content (AvgIpc) is 3.40. The third kappa shape index (κ3) is 3.83. The molecule has 4 rings (SSSR count). The van der Waals surface area contributed by atoms with Gasteiger partial charge in [-0.25, -0.2) is 9.98 Å². The number of aromatic nitrogens is 1. The molecule has 3 heterocycles. The molecule has 1 fully saturated rings. The minimum absolute atomic E-state index is 0.619. The molecule has 6 nitrogen and oxygen atoms in total. The number of rotatable bonds is 4. The molecule has 0 aliphatic carbocycles. The van der Waals surface area contributed by atoms with Gasteiger partial charge < -0.3 is 20.4 Å². The minimum atomic E-state index is 0.619. The monoisotopic (exact) mass is 368 g/mol.